The van der Waals surface area contributed by atoms with Gasteiger partial charge >= 0.3 is 5.97 Å². The summed E-state index contributed by atoms with van der Waals surface area (Å²) in [5.74, 6) is 0.175. The Morgan fingerprint density at radius 2 is 2.12 bits per heavy atom. The van der Waals surface area contributed by atoms with Gasteiger partial charge in [-0.05, 0) is 31.6 Å². The number of aliphatic hydroxyl groups is 1. The second-order valence-electron chi connectivity index (χ2n) is 5.22. The van der Waals surface area contributed by atoms with Crippen LogP contribution in [0.3, 0.4) is 0 Å². The van der Waals surface area contributed by atoms with E-state index in [-0.39, 0.29) is 0 Å². The summed E-state index contributed by atoms with van der Waals surface area (Å²) in [7, 11) is 1.30. The Bertz CT molecular complexity index is 247. The van der Waals surface area contributed by atoms with Crippen LogP contribution in [0.1, 0.15) is 45.4 Å². The predicted molar refractivity (Wildman–Crippen MR) is 66.4 cm³/mol. The average molecular weight is 243 g/mol. The summed E-state index contributed by atoms with van der Waals surface area (Å²) < 4.78 is 4.62. The number of hydrogen-bond donors (Lipinski definition) is 2. The number of rotatable bonds is 5. The molecule has 1 aliphatic carbocycles. The van der Waals surface area contributed by atoms with Crippen molar-refractivity contribution >= 4 is 5.97 Å². The monoisotopic (exact) mass is 243 g/mol. The lowest BCUT2D eigenvalue weighted by atomic mass is 9.66. The van der Waals surface area contributed by atoms with E-state index in [1.807, 2.05) is 0 Å². The topological polar surface area (TPSA) is 72.5 Å². The van der Waals surface area contributed by atoms with E-state index >= 15 is 0 Å². The molecule has 17 heavy (non-hydrogen) atoms. The molecule has 1 atom stereocenters. The second kappa shape index (κ2) is 6.36. The fourth-order valence-corrected chi connectivity index (χ4v) is 2.90. The summed E-state index contributed by atoms with van der Waals surface area (Å²) in [6, 6.07) is 0. The summed E-state index contributed by atoms with van der Waals surface area (Å²) in [6.45, 7) is 2.54. The van der Waals surface area contributed by atoms with E-state index in [4.69, 9.17) is 5.73 Å². The Kier molecular flexibility index (Phi) is 5.40. The van der Waals surface area contributed by atoms with E-state index < -0.39 is 17.5 Å². The van der Waals surface area contributed by atoms with Gasteiger partial charge in [0.05, 0.1) is 7.11 Å². The standard InChI is InChI=1S/C13H25NO3/c1-3-4-10-5-7-13(9-14,8-6-10)11(15)12(16)17-2/h10-11,15H,3-9,14H2,1-2H3. The Hall–Kier alpha value is -0.610. The van der Waals surface area contributed by atoms with Crippen LogP contribution < -0.4 is 5.73 Å². The minimum Gasteiger partial charge on any atom is -0.467 e. The van der Waals surface area contributed by atoms with Crippen molar-refractivity contribution in [2.24, 2.45) is 17.1 Å². The fraction of sp³-hybridized carbons (Fsp3) is 0.923. The third-order valence-electron chi connectivity index (χ3n) is 4.21. The largest absolute Gasteiger partial charge is 0.467 e. The van der Waals surface area contributed by atoms with E-state index in [0.29, 0.717) is 6.54 Å². The van der Waals surface area contributed by atoms with Gasteiger partial charge in [-0.3, -0.25) is 0 Å². The first-order valence-corrected chi connectivity index (χ1v) is 6.55. The van der Waals surface area contributed by atoms with Gasteiger partial charge in [0.25, 0.3) is 0 Å². The average Bonchev–Trinajstić information content (AvgIpc) is 2.38. The first kappa shape index (κ1) is 14.5. The highest BCUT2D eigenvalue weighted by molar-refractivity contribution is 5.75. The van der Waals surface area contributed by atoms with Gasteiger partial charge in [-0.15, -0.1) is 0 Å². The van der Waals surface area contributed by atoms with Crippen molar-refractivity contribution in [1.29, 1.82) is 0 Å². The van der Waals surface area contributed by atoms with Crippen molar-refractivity contribution in [3.05, 3.63) is 0 Å². The first-order valence-electron chi connectivity index (χ1n) is 6.55. The fourth-order valence-electron chi connectivity index (χ4n) is 2.90. The highest BCUT2D eigenvalue weighted by atomic mass is 16.5. The van der Waals surface area contributed by atoms with Crippen molar-refractivity contribution in [2.45, 2.75) is 51.6 Å². The van der Waals surface area contributed by atoms with Gasteiger partial charge in [-0.2, -0.15) is 0 Å². The molecule has 0 heterocycles. The van der Waals surface area contributed by atoms with Gasteiger partial charge in [0, 0.05) is 12.0 Å². The van der Waals surface area contributed by atoms with E-state index in [9.17, 15) is 9.90 Å². The van der Waals surface area contributed by atoms with Crippen LogP contribution in [0, 0.1) is 11.3 Å². The third-order valence-corrected chi connectivity index (χ3v) is 4.21. The molecule has 0 aromatic rings. The molecular weight excluding hydrogens is 218 g/mol. The Morgan fingerprint density at radius 3 is 2.53 bits per heavy atom. The molecule has 100 valence electrons. The molecule has 0 aromatic carbocycles. The first-order chi connectivity index (χ1) is 8.09. The quantitative estimate of drug-likeness (QED) is 0.717. The number of carbonyl (C=O) groups excluding carboxylic acids is 1. The zero-order valence-electron chi connectivity index (χ0n) is 10.9. The maximum Gasteiger partial charge on any atom is 0.335 e. The highest BCUT2D eigenvalue weighted by Gasteiger charge is 2.44. The number of esters is 1. The lowest BCUT2D eigenvalue weighted by Gasteiger charge is -2.41. The van der Waals surface area contributed by atoms with Crippen LogP contribution in [-0.4, -0.2) is 30.8 Å². The maximum atomic E-state index is 11.5. The summed E-state index contributed by atoms with van der Waals surface area (Å²) in [5, 5.41) is 10.1. The van der Waals surface area contributed by atoms with Crippen molar-refractivity contribution in [1.82, 2.24) is 0 Å². The zero-order chi connectivity index (χ0) is 12.9. The second-order valence-corrected chi connectivity index (χ2v) is 5.22. The van der Waals surface area contributed by atoms with Gasteiger partial charge in [-0.25, -0.2) is 4.79 Å². The highest BCUT2D eigenvalue weighted by Crippen LogP contribution is 2.42. The van der Waals surface area contributed by atoms with Crippen LogP contribution in [-0.2, 0) is 9.53 Å². The van der Waals surface area contributed by atoms with Gasteiger partial charge in [0.2, 0.25) is 0 Å². The molecule has 0 bridgehead atoms. The molecule has 1 unspecified atom stereocenters. The molecule has 0 aromatic heterocycles. The number of hydrogen-bond acceptors (Lipinski definition) is 4. The molecule has 0 spiro atoms. The summed E-state index contributed by atoms with van der Waals surface area (Å²) in [6.07, 6.45) is 5.11. The number of aliphatic hydroxyl groups excluding tert-OH is 1. The zero-order valence-corrected chi connectivity index (χ0v) is 10.9. The molecule has 4 heteroatoms. The Labute approximate surface area is 104 Å². The summed E-state index contributed by atoms with van der Waals surface area (Å²) in [5.41, 5.74) is 5.32. The molecule has 0 saturated heterocycles. The molecule has 1 rings (SSSR count). The van der Waals surface area contributed by atoms with Crippen LogP contribution in [0.5, 0.6) is 0 Å². The lowest BCUT2D eigenvalue weighted by Crippen LogP contribution is -2.48. The van der Waals surface area contributed by atoms with E-state index in [1.54, 1.807) is 0 Å². The van der Waals surface area contributed by atoms with Crippen LogP contribution >= 0.6 is 0 Å². The SMILES string of the molecule is CCCC1CCC(CN)(C(O)C(=O)OC)CC1. The van der Waals surface area contributed by atoms with E-state index in [2.05, 4.69) is 11.7 Å². The van der Waals surface area contributed by atoms with Crippen LogP contribution in [0.15, 0.2) is 0 Å². The van der Waals surface area contributed by atoms with Crippen molar-refractivity contribution in [3.8, 4) is 0 Å². The molecule has 0 aliphatic heterocycles. The summed E-state index contributed by atoms with van der Waals surface area (Å²) in [4.78, 5) is 11.5. The number of nitrogens with two attached hydrogens (primary N) is 1. The number of ether oxygens (including phenoxy) is 1. The van der Waals surface area contributed by atoms with Gasteiger partial charge in [0.1, 0.15) is 0 Å². The third kappa shape index (κ3) is 3.19. The smallest absolute Gasteiger partial charge is 0.335 e. The van der Waals surface area contributed by atoms with Crippen molar-refractivity contribution in [3.63, 3.8) is 0 Å². The Morgan fingerprint density at radius 1 is 1.53 bits per heavy atom. The van der Waals surface area contributed by atoms with Crippen molar-refractivity contribution < 1.29 is 14.6 Å². The molecule has 1 fully saturated rings. The minimum atomic E-state index is -1.07. The molecular formula is C13H25NO3. The van der Waals surface area contributed by atoms with Crippen LogP contribution in [0.4, 0.5) is 0 Å². The maximum absolute atomic E-state index is 11.5. The molecule has 3 N–H and O–H groups in total. The van der Waals surface area contributed by atoms with Gasteiger partial charge < -0.3 is 15.6 Å². The molecule has 1 aliphatic rings. The molecule has 0 radical (unpaired) electrons. The van der Waals surface area contributed by atoms with Gasteiger partial charge in [-0.1, -0.05) is 19.8 Å². The van der Waals surface area contributed by atoms with Crippen LogP contribution in [0.2, 0.25) is 0 Å². The molecule has 0 amide bonds. The normalized spacial score (nSPS) is 30.9. The van der Waals surface area contributed by atoms with E-state index in [1.165, 1.54) is 20.0 Å². The van der Waals surface area contributed by atoms with Crippen molar-refractivity contribution in [2.75, 3.05) is 13.7 Å². The van der Waals surface area contributed by atoms with Crippen LogP contribution in [0.25, 0.3) is 0 Å². The number of methoxy groups -OCH3 is 1. The van der Waals surface area contributed by atoms with Gasteiger partial charge in [0.15, 0.2) is 6.10 Å². The Balaban J connectivity index is 2.63. The molecule has 1 saturated carbocycles. The predicted octanol–water partition coefficient (Wildman–Crippen LogP) is 1.46. The number of carbonyl (C=O) groups is 1. The minimum absolute atomic E-state index is 0.349. The summed E-state index contributed by atoms with van der Waals surface area (Å²) >= 11 is 0. The lowest BCUT2D eigenvalue weighted by molar-refractivity contribution is -0.160. The van der Waals surface area contributed by atoms with E-state index in [0.717, 1.165) is 31.6 Å². The molecule has 4 nitrogen and oxygen atoms in total.